The van der Waals surface area contributed by atoms with Crippen LogP contribution < -0.4 is 0 Å². The topological polar surface area (TPSA) is 49.7 Å². The molecule has 0 aromatic carbocycles. The number of ether oxygens (including phenoxy) is 1. The Bertz CT molecular complexity index is 642. The molecule has 27 heavy (non-hydrogen) atoms. The summed E-state index contributed by atoms with van der Waals surface area (Å²) in [4.78, 5) is 0. The molecule has 3 nitrogen and oxygen atoms in total. The summed E-state index contributed by atoms with van der Waals surface area (Å²) >= 11 is 0. The largest absolute Gasteiger partial charge is 0.393 e. The highest BCUT2D eigenvalue weighted by Gasteiger charge is 2.59. The van der Waals surface area contributed by atoms with Gasteiger partial charge in [0.05, 0.1) is 23.9 Å². The van der Waals surface area contributed by atoms with Crippen molar-refractivity contribution < 1.29 is 14.9 Å². The molecule has 7 atom stereocenters. The van der Waals surface area contributed by atoms with Crippen molar-refractivity contribution in [1.82, 2.24) is 0 Å². The Morgan fingerprint density at radius 1 is 1.00 bits per heavy atom. The lowest BCUT2D eigenvalue weighted by Gasteiger charge is -2.58. The second-order valence-corrected chi connectivity index (χ2v) is 11.8. The fourth-order valence-electron chi connectivity index (χ4n) is 7.67. The molecule has 3 heteroatoms. The summed E-state index contributed by atoms with van der Waals surface area (Å²) in [6.07, 6.45) is 12.7. The summed E-state index contributed by atoms with van der Waals surface area (Å²) in [5.74, 6) is 1.52. The molecule has 4 fully saturated rings. The van der Waals surface area contributed by atoms with Gasteiger partial charge in [0.1, 0.15) is 0 Å². The maximum Gasteiger partial charge on any atom is 0.0740 e. The Hall–Kier alpha value is -0.380. The first-order chi connectivity index (χ1) is 12.7. The number of hydrogen-bond donors (Lipinski definition) is 2. The number of rotatable bonds is 0. The van der Waals surface area contributed by atoms with Gasteiger partial charge in [-0.1, -0.05) is 32.4 Å². The van der Waals surface area contributed by atoms with E-state index in [0.717, 1.165) is 64.4 Å². The van der Waals surface area contributed by atoms with Crippen LogP contribution in [0.25, 0.3) is 0 Å². The van der Waals surface area contributed by atoms with Gasteiger partial charge in [-0.25, -0.2) is 0 Å². The summed E-state index contributed by atoms with van der Waals surface area (Å²) in [7, 11) is 0. The van der Waals surface area contributed by atoms with E-state index in [1.54, 1.807) is 5.57 Å². The van der Waals surface area contributed by atoms with E-state index in [1.807, 2.05) is 0 Å². The van der Waals surface area contributed by atoms with Crippen molar-refractivity contribution in [2.45, 2.75) is 102 Å². The van der Waals surface area contributed by atoms with Gasteiger partial charge in [-0.15, -0.1) is 0 Å². The molecular formula is C24H38O3. The van der Waals surface area contributed by atoms with Crippen molar-refractivity contribution in [3.05, 3.63) is 11.6 Å². The number of allylic oxidation sites excluding steroid dienone is 1. The predicted octanol–water partition coefficient (Wildman–Crippen LogP) is 4.61. The summed E-state index contributed by atoms with van der Waals surface area (Å²) in [5, 5.41) is 22.3. The number of hydrogen-bond acceptors (Lipinski definition) is 3. The van der Waals surface area contributed by atoms with Crippen LogP contribution in [-0.2, 0) is 4.74 Å². The molecule has 5 aliphatic rings. The van der Waals surface area contributed by atoms with E-state index in [1.165, 1.54) is 6.42 Å². The van der Waals surface area contributed by atoms with Crippen molar-refractivity contribution in [1.29, 1.82) is 0 Å². The lowest BCUT2D eigenvalue weighted by Crippen LogP contribution is -2.58. The van der Waals surface area contributed by atoms with E-state index in [4.69, 9.17) is 4.74 Å². The van der Waals surface area contributed by atoms with Crippen molar-refractivity contribution in [3.8, 4) is 0 Å². The lowest BCUT2D eigenvalue weighted by atomic mass is 9.51. The molecule has 0 amide bonds. The van der Waals surface area contributed by atoms with Crippen molar-refractivity contribution in [3.63, 3.8) is 0 Å². The van der Waals surface area contributed by atoms with Gasteiger partial charge < -0.3 is 14.9 Å². The summed E-state index contributed by atoms with van der Waals surface area (Å²) < 4.78 is 6.46. The Morgan fingerprint density at radius 2 is 1.81 bits per heavy atom. The smallest absolute Gasteiger partial charge is 0.0740 e. The monoisotopic (exact) mass is 374 g/mol. The Labute approximate surface area is 164 Å². The SMILES string of the molecule is CC1(C)CCC2(CCC3C4=CCC5(C)C(O)CCC5C4CCC3(O)C2)OC1. The van der Waals surface area contributed by atoms with Gasteiger partial charge in [-0.05, 0) is 75.0 Å². The zero-order chi connectivity index (χ0) is 19.1. The highest BCUT2D eigenvalue weighted by molar-refractivity contribution is 5.28. The minimum absolute atomic E-state index is 0.0670. The Kier molecular flexibility index (Phi) is 4.02. The summed E-state index contributed by atoms with van der Waals surface area (Å²) in [6, 6.07) is 0. The Balaban J connectivity index is 1.39. The minimum Gasteiger partial charge on any atom is -0.393 e. The van der Waals surface area contributed by atoms with E-state index in [0.29, 0.717) is 17.8 Å². The van der Waals surface area contributed by atoms with Gasteiger partial charge in [0.2, 0.25) is 0 Å². The molecule has 0 aromatic rings. The third-order valence-corrected chi connectivity index (χ3v) is 9.53. The van der Waals surface area contributed by atoms with Gasteiger partial charge in [0, 0.05) is 17.8 Å². The molecule has 0 aromatic heterocycles. The number of aliphatic hydroxyl groups excluding tert-OH is 1. The highest BCUT2D eigenvalue weighted by atomic mass is 16.5. The van der Waals surface area contributed by atoms with Gasteiger partial charge >= 0.3 is 0 Å². The molecule has 5 rings (SSSR count). The summed E-state index contributed by atoms with van der Waals surface area (Å²) in [6.45, 7) is 7.73. The van der Waals surface area contributed by atoms with Crippen LogP contribution in [0.4, 0.5) is 0 Å². The normalized spacial score (nSPS) is 54.0. The van der Waals surface area contributed by atoms with Gasteiger partial charge in [0.15, 0.2) is 0 Å². The van der Waals surface area contributed by atoms with Crippen LogP contribution in [-0.4, -0.2) is 34.1 Å². The maximum absolute atomic E-state index is 11.8. The third kappa shape index (κ3) is 2.71. The first-order valence-electron chi connectivity index (χ1n) is 11.4. The molecule has 1 heterocycles. The molecule has 0 bridgehead atoms. The molecule has 3 saturated carbocycles. The second kappa shape index (κ2) is 5.83. The molecule has 152 valence electrons. The molecule has 2 N–H and O–H groups in total. The van der Waals surface area contributed by atoms with Gasteiger partial charge in [-0.3, -0.25) is 0 Å². The van der Waals surface area contributed by atoms with Crippen LogP contribution in [0.15, 0.2) is 11.6 Å². The van der Waals surface area contributed by atoms with Crippen LogP contribution in [0.2, 0.25) is 0 Å². The zero-order valence-corrected chi connectivity index (χ0v) is 17.5. The molecule has 1 aliphatic heterocycles. The van der Waals surface area contributed by atoms with E-state index in [2.05, 4.69) is 26.8 Å². The van der Waals surface area contributed by atoms with Crippen molar-refractivity contribution in [2.24, 2.45) is 28.6 Å². The predicted molar refractivity (Wildman–Crippen MR) is 106 cm³/mol. The molecule has 7 unspecified atom stereocenters. The van der Waals surface area contributed by atoms with E-state index in [9.17, 15) is 10.2 Å². The van der Waals surface area contributed by atoms with Crippen LogP contribution in [0.5, 0.6) is 0 Å². The fraction of sp³-hybridized carbons (Fsp3) is 0.917. The van der Waals surface area contributed by atoms with Crippen molar-refractivity contribution >= 4 is 0 Å². The minimum atomic E-state index is -0.576. The number of aliphatic hydroxyl groups is 2. The third-order valence-electron chi connectivity index (χ3n) is 9.53. The first-order valence-corrected chi connectivity index (χ1v) is 11.4. The van der Waals surface area contributed by atoms with Crippen LogP contribution in [0.3, 0.4) is 0 Å². The molecule has 4 aliphatic carbocycles. The molecule has 0 radical (unpaired) electrons. The summed E-state index contributed by atoms with van der Waals surface area (Å²) in [5.41, 5.74) is 1.24. The van der Waals surface area contributed by atoms with E-state index >= 15 is 0 Å². The standard InChI is InChI=1S/C24H38O3/c1-21(2)12-13-23(27-15-21)10-8-19-17-6-9-22(3)18(4-5-20(22)25)16(17)7-11-24(19,26)14-23/h6,16,18-20,25-26H,4-5,7-15H2,1-3H3. The first kappa shape index (κ1) is 18.6. The van der Waals surface area contributed by atoms with Gasteiger partial charge in [-0.2, -0.15) is 0 Å². The average molecular weight is 375 g/mol. The maximum atomic E-state index is 11.8. The molecule has 1 spiro atoms. The van der Waals surface area contributed by atoms with E-state index < -0.39 is 5.60 Å². The van der Waals surface area contributed by atoms with Crippen LogP contribution in [0.1, 0.15) is 85.0 Å². The Morgan fingerprint density at radius 3 is 2.56 bits per heavy atom. The molecular weight excluding hydrogens is 336 g/mol. The molecule has 1 saturated heterocycles. The van der Waals surface area contributed by atoms with E-state index in [-0.39, 0.29) is 22.5 Å². The zero-order valence-electron chi connectivity index (χ0n) is 17.5. The lowest BCUT2D eigenvalue weighted by molar-refractivity contribution is -0.200. The second-order valence-electron chi connectivity index (χ2n) is 11.8. The fourth-order valence-corrected chi connectivity index (χ4v) is 7.67. The van der Waals surface area contributed by atoms with Crippen LogP contribution >= 0.6 is 0 Å². The quantitative estimate of drug-likeness (QED) is 0.609. The highest BCUT2D eigenvalue weighted by Crippen LogP contribution is 2.62. The number of fused-ring (bicyclic) bond motifs is 5. The van der Waals surface area contributed by atoms with Crippen LogP contribution in [0, 0.1) is 28.6 Å². The van der Waals surface area contributed by atoms with Gasteiger partial charge in [0.25, 0.3) is 0 Å². The average Bonchev–Trinajstić information content (AvgIpc) is 2.92. The van der Waals surface area contributed by atoms with Crippen molar-refractivity contribution in [2.75, 3.05) is 6.61 Å².